The Morgan fingerprint density at radius 2 is 1.71 bits per heavy atom. The number of benzene rings is 3. The van der Waals surface area contributed by atoms with E-state index >= 15 is 0 Å². The Labute approximate surface area is 172 Å². The summed E-state index contributed by atoms with van der Waals surface area (Å²) in [5.41, 5.74) is 3.03. The second-order valence-corrected chi connectivity index (χ2v) is 7.11. The molecular weight excluding hydrogens is 398 g/mol. The lowest BCUT2D eigenvalue weighted by atomic mass is 9.91. The molecular formula is C22H15Cl2FN2O. The monoisotopic (exact) mass is 412 g/mol. The van der Waals surface area contributed by atoms with Gasteiger partial charge in [0.2, 0.25) is 0 Å². The Morgan fingerprint density at radius 1 is 1.07 bits per heavy atom. The molecule has 0 saturated heterocycles. The summed E-state index contributed by atoms with van der Waals surface area (Å²) in [7, 11) is 0. The Bertz CT molecular complexity index is 1060. The molecule has 3 aromatic rings. The molecule has 0 aliphatic rings. The van der Waals surface area contributed by atoms with Gasteiger partial charge in [0.05, 0.1) is 12.0 Å². The summed E-state index contributed by atoms with van der Waals surface area (Å²) < 4.78 is 13.0. The maximum Gasteiger partial charge on any atom is 0.255 e. The highest BCUT2D eigenvalue weighted by atomic mass is 35.5. The second kappa shape index (κ2) is 8.43. The average Bonchev–Trinajstić information content (AvgIpc) is 2.68. The van der Waals surface area contributed by atoms with Crippen molar-refractivity contribution in [1.82, 2.24) is 0 Å². The molecule has 140 valence electrons. The van der Waals surface area contributed by atoms with E-state index in [9.17, 15) is 14.4 Å². The van der Waals surface area contributed by atoms with E-state index in [1.54, 1.807) is 36.4 Å². The molecule has 0 aromatic heterocycles. The van der Waals surface area contributed by atoms with Gasteiger partial charge in [0.1, 0.15) is 5.82 Å². The zero-order valence-corrected chi connectivity index (χ0v) is 16.4. The van der Waals surface area contributed by atoms with Gasteiger partial charge in [-0.05, 0) is 66.1 Å². The summed E-state index contributed by atoms with van der Waals surface area (Å²) in [5.74, 6) is -1.35. The molecule has 1 N–H and O–H groups in total. The first-order valence-corrected chi connectivity index (χ1v) is 9.16. The van der Waals surface area contributed by atoms with E-state index < -0.39 is 11.7 Å². The first kappa shape index (κ1) is 19.9. The van der Waals surface area contributed by atoms with Crippen molar-refractivity contribution in [2.24, 2.45) is 0 Å². The topological polar surface area (TPSA) is 52.9 Å². The van der Waals surface area contributed by atoms with Crippen molar-refractivity contribution in [3.8, 4) is 6.07 Å². The number of nitrogens with zero attached hydrogens (tertiary/aromatic N) is 1. The van der Waals surface area contributed by atoms with E-state index in [4.69, 9.17) is 23.2 Å². The van der Waals surface area contributed by atoms with Crippen molar-refractivity contribution in [3.63, 3.8) is 0 Å². The van der Waals surface area contributed by atoms with Crippen LogP contribution < -0.4 is 5.32 Å². The third-order valence-corrected chi connectivity index (χ3v) is 4.92. The number of anilines is 1. The molecule has 0 aliphatic carbocycles. The summed E-state index contributed by atoms with van der Waals surface area (Å²) in [6.45, 7) is 1.82. The molecule has 0 fully saturated rings. The third kappa shape index (κ3) is 4.33. The highest BCUT2D eigenvalue weighted by molar-refractivity contribution is 6.32. The lowest BCUT2D eigenvalue weighted by molar-refractivity contribution is 0.102. The lowest BCUT2D eigenvalue weighted by Gasteiger charge is -2.16. The van der Waals surface area contributed by atoms with Gasteiger partial charge in [0.15, 0.2) is 0 Å². The summed E-state index contributed by atoms with van der Waals surface area (Å²) in [6.07, 6.45) is 0. The van der Waals surface area contributed by atoms with Crippen LogP contribution in [-0.4, -0.2) is 5.91 Å². The number of rotatable bonds is 4. The SMILES string of the molecule is Cc1cc(C(C#N)c2ccc(Cl)cc2)c(Cl)cc1NC(=O)c1ccc(F)cc1. The molecule has 0 radical (unpaired) electrons. The van der Waals surface area contributed by atoms with E-state index in [1.807, 2.05) is 6.92 Å². The maximum absolute atomic E-state index is 13.0. The van der Waals surface area contributed by atoms with Gasteiger partial charge in [-0.15, -0.1) is 0 Å². The number of aryl methyl sites for hydroxylation is 1. The normalized spacial score (nSPS) is 11.5. The summed E-state index contributed by atoms with van der Waals surface area (Å²) in [5, 5.41) is 13.4. The summed E-state index contributed by atoms with van der Waals surface area (Å²) in [6, 6.07) is 17.9. The summed E-state index contributed by atoms with van der Waals surface area (Å²) in [4.78, 5) is 12.4. The van der Waals surface area contributed by atoms with Gasteiger partial charge in [0.25, 0.3) is 5.91 Å². The molecule has 3 nitrogen and oxygen atoms in total. The number of amides is 1. The maximum atomic E-state index is 13.0. The standard InChI is InChI=1S/C22H15Cl2FN2O/c1-13-10-18(19(12-26)14-2-6-16(23)7-3-14)20(24)11-21(13)27-22(28)15-4-8-17(25)9-5-15/h2-11,19H,1H3,(H,27,28). The first-order valence-electron chi connectivity index (χ1n) is 8.41. The van der Waals surface area contributed by atoms with Crippen molar-refractivity contribution in [1.29, 1.82) is 5.26 Å². The predicted octanol–water partition coefficient (Wildman–Crippen LogP) is 6.35. The fraction of sp³-hybridized carbons (Fsp3) is 0.0909. The van der Waals surface area contributed by atoms with E-state index in [2.05, 4.69) is 11.4 Å². The fourth-order valence-corrected chi connectivity index (χ4v) is 3.23. The van der Waals surface area contributed by atoms with Crippen LogP contribution in [0.25, 0.3) is 0 Å². The molecule has 3 rings (SSSR count). The third-order valence-electron chi connectivity index (χ3n) is 4.34. The van der Waals surface area contributed by atoms with Crippen LogP contribution >= 0.6 is 23.2 Å². The van der Waals surface area contributed by atoms with Crippen LogP contribution in [0.3, 0.4) is 0 Å². The molecule has 0 aliphatic heterocycles. The molecule has 0 heterocycles. The largest absolute Gasteiger partial charge is 0.322 e. The van der Waals surface area contributed by atoms with E-state index in [-0.39, 0.29) is 5.91 Å². The van der Waals surface area contributed by atoms with Gasteiger partial charge < -0.3 is 5.32 Å². The number of carbonyl (C=O) groups excluding carboxylic acids is 1. The van der Waals surface area contributed by atoms with E-state index in [1.165, 1.54) is 24.3 Å². The Kier molecular flexibility index (Phi) is 5.99. The lowest BCUT2D eigenvalue weighted by Crippen LogP contribution is -2.13. The number of hydrogen-bond donors (Lipinski definition) is 1. The van der Waals surface area contributed by atoms with E-state index in [0.717, 1.165) is 11.1 Å². The van der Waals surface area contributed by atoms with Gasteiger partial charge in [-0.3, -0.25) is 4.79 Å². The molecule has 1 unspecified atom stereocenters. The molecule has 1 amide bonds. The van der Waals surface area contributed by atoms with Crippen LogP contribution in [0, 0.1) is 24.1 Å². The van der Waals surface area contributed by atoms with Gasteiger partial charge in [-0.2, -0.15) is 5.26 Å². The van der Waals surface area contributed by atoms with Crippen molar-refractivity contribution >= 4 is 34.8 Å². The zero-order chi connectivity index (χ0) is 20.3. The van der Waals surface area contributed by atoms with Crippen LogP contribution in [-0.2, 0) is 0 Å². The molecule has 1 atom stereocenters. The van der Waals surface area contributed by atoms with Gasteiger partial charge in [-0.25, -0.2) is 4.39 Å². The number of halogens is 3. The van der Waals surface area contributed by atoms with Crippen molar-refractivity contribution in [2.45, 2.75) is 12.8 Å². The molecule has 28 heavy (non-hydrogen) atoms. The molecule has 3 aromatic carbocycles. The number of nitriles is 1. The Hall–Kier alpha value is -2.87. The minimum Gasteiger partial charge on any atom is -0.322 e. The smallest absolute Gasteiger partial charge is 0.255 e. The minimum atomic E-state index is -0.565. The van der Waals surface area contributed by atoms with Gasteiger partial charge >= 0.3 is 0 Å². The molecule has 0 bridgehead atoms. The highest BCUT2D eigenvalue weighted by Crippen LogP contribution is 2.34. The van der Waals surface area contributed by atoms with Crippen LogP contribution in [0.2, 0.25) is 10.0 Å². The van der Waals surface area contributed by atoms with Crippen molar-refractivity contribution in [3.05, 3.63) is 98.8 Å². The first-order chi connectivity index (χ1) is 13.4. The highest BCUT2D eigenvalue weighted by Gasteiger charge is 2.19. The number of nitrogens with one attached hydrogen (secondary N) is 1. The fourth-order valence-electron chi connectivity index (χ4n) is 2.83. The molecule has 0 spiro atoms. The zero-order valence-electron chi connectivity index (χ0n) is 14.8. The number of hydrogen-bond acceptors (Lipinski definition) is 2. The van der Waals surface area contributed by atoms with Crippen molar-refractivity contribution < 1.29 is 9.18 Å². The predicted molar refractivity (Wildman–Crippen MR) is 109 cm³/mol. The van der Waals surface area contributed by atoms with Gasteiger partial charge in [-0.1, -0.05) is 41.4 Å². The van der Waals surface area contributed by atoms with Crippen LogP contribution in [0.15, 0.2) is 60.7 Å². The van der Waals surface area contributed by atoms with Crippen LogP contribution in [0.1, 0.15) is 33.0 Å². The summed E-state index contributed by atoms with van der Waals surface area (Å²) >= 11 is 12.3. The quantitative estimate of drug-likeness (QED) is 0.542. The minimum absolute atomic E-state index is 0.331. The Balaban J connectivity index is 1.90. The average molecular weight is 413 g/mol. The number of carbonyl (C=O) groups is 1. The Morgan fingerprint density at radius 3 is 2.32 bits per heavy atom. The molecule has 0 saturated carbocycles. The van der Waals surface area contributed by atoms with Gasteiger partial charge in [0, 0.05) is 21.3 Å². The molecule has 6 heteroatoms. The van der Waals surface area contributed by atoms with Crippen LogP contribution in [0.4, 0.5) is 10.1 Å². The van der Waals surface area contributed by atoms with Crippen LogP contribution in [0.5, 0.6) is 0 Å². The second-order valence-electron chi connectivity index (χ2n) is 6.26. The van der Waals surface area contributed by atoms with E-state index in [0.29, 0.717) is 26.9 Å². The van der Waals surface area contributed by atoms with Crippen molar-refractivity contribution in [2.75, 3.05) is 5.32 Å².